The Morgan fingerprint density at radius 2 is 2.17 bits per heavy atom. The van der Waals surface area contributed by atoms with Gasteiger partial charge in [-0.25, -0.2) is 0 Å². The summed E-state index contributed by atoms with van der Waals surface area (Å²) in [4.78, 5) is 13.5. The van der Waals surface area contributed by atoms with Gasteiger partial charge < -0.3 is 10.6 Å². The molecule has 0 saturated heterocycles. The summed E-state index contributed by atoms with van der Waals surface area (Å²) in [7, 11) is 1.91. The third-order valence-electron chi connectivity index (χ3n) is 3.37. The first-order valence-corrected chi connectivity index (χ1v) is 7.15. The van der Waals surface area contributed by atoms with Gasteiger partial charge in [0.25, 0.3) is 5.91 Å². The zero-order valence-electron chi connectivity index (χ0n) is 10.9. The predicted octanol–water partition coefficient (Wildman–Crippen LogP) is 2.39. The van der Waals surface area contributed by atoms with Crippen LogP contribution in [0.5, 0.6) is 0 Å². The fraction of sp³-hybridized carbons (Fsp3) is 0.615. The van der Waals surface area contributed by atoms with Gasteiger partial charge in [-0.1, -0.05) is 0 Å². The Morgan fingerprint density at radius 3 is 2.89 bits per heavy atom. The van der Waals surface area contributed by atoms with E-state index in [2.05, 4.69) is 17.6 Å². The number of rotatable bonds is 4. The lowest BCUT2D eigenvalue weighted by Crippen LogP contribution is -2.37. The topological polar surface area (TPSA) is 41.1 Å². The van der Waals surface area contributed by atoms with Gasteiger partial charge in [0.2, 0.25) is 0 Å². The molecule has 1 aromatic rings. The number of aryl methyl sites for hydroxylation is 1. The molecule has 1 atom stereocenters. The van der Waals surface area contributed by atoms with Gasteiger partial charge in [0.15, 0.2) is 0 Å². The SMILES string of the molecule is CNC(C)CNC(=O)c1csc2c1CCCC2.Cl. The Balaban J connectivity index is 0.00000162. The number of likely N-dealkylation sites (N-methyl/N-ethyl adjacent to an activating group) is 1. The maximum atomic E-state index is 12.1. The summed E-state index contributed by atoms with van der Waals surface area (Å²) in [6.45, 7) is 2.74. The Kier molecular flexibility index (Phi) is 6.12. The van der Waals surface area contributed by atoms with Crippen LogP contribution in [0.15, 0.2) is 5.38 Å². The second-order valence-corrected chi connectivity index (χ2v) is 5.62. The summed E-state index contributed by atoms with van der Waals surface area (Å²) in [5.74, 6) is 0.0894. The van der Waals surface area contributed by atoms with Crippen molar-refractivity contribution in [3.63, 3.8) is 0 Å². The first-order valence-electron chi connectivity index (χ1n) is 6.27. The Hall–Kier alpha value is -0.580. The molecule has 0 spiro atoms. The van der Waals surface area contributed by atoms with E-state index in [0.29, 0.717) is 12.6 Å². The van der Waals surface area contributed by atoms with E-state index in [-0.39, 0.29) is 18.3 Å². The molecule has 5 heteroatoms. The normalized spacial score (nSPS) is 15.4. The molecule has 1 aromatic heterocycles. The number of carbonyl (C=O) groups is 1. The maximum Gasteiger partial charge on any atom is 0.252 e. The lowest BCUT2D eigenvalue weighted by Gasteiger charge is -2.14. The average Bonchev–Trinajstić information content (AvgIpc) is 2.79. The summed E-state index contributed by atoms with van der Waals surface area (Å²) in [6, 6.07) is 0.313. The molecule has 1 unspecified atom stereocenters. The van der Waals surface area contributed by atoms with E-state index in [1.165, 1.54) is 23.3 Å². The van der Waals surface area contributed by atoms with E-state index in [9.17, 15) is 4.79 Å². The van der Waals surface area contributed by atoms with Crippen LogP contribution < -0.4 is 10.6 Å². The molecule has 1 aliphatic carbocycles. The fourth-order valence-electron chi connectivity index (χ4n) is 2.13. The number of nitrogens with one attached hydrogen (secondary N) is 2. The monoisotopic (exact) mass is 288 g/mol. The zero-order chi connectivity index (χ0) is 12.3. The molecule has 2 rings (SSSR count). The predicted molar refractivity (Wildman–Crippen MR) is 79.1 cm³/mol. The summed E-state index contributed by atoms with van der Waals surface area (Å²) >= 11 is 1.74. The first-order chi connectivity index (χ1) is 8.22. The minimum atomic E-state index is 0. The number of fused-ring (bicyclic) bond motifs is 1. The van der Waals surface area contributed by atoms with E-state index in [0.717, 1.165) is 18.4 Å². The smallest absolute Gasteiger partial charge is 0.252 e. The fourth-order valence-corrected chi connectivity index (χ4v) is 3.25. The van der Waals surface area contributed by atoms with Crippen LogP contribution in [-0.4, -0.2) is 25.5 Å². The maximum absolute atomic E-state index is 12.1. The van der Waals surface area contributed by atoms with Crippen molar-refractivity contribution in [1.82, 2.24) is 10.6 Å². The summed E-state index contributed by atoms with van der Waals surface area (Å²) in [5, 5.41) is 8.13. The van der Waals surface area contributed by atoms with E-state index in [1.54, 1.807) is 11.3 Å². The van der Waals surface area contributed by atoms with Crippen molar-refractivity contribution in [2.75, 3.05) is 13.6 Å². The first kappa shape index (κ1) is 15.5. The van der Waals surface area contributed by atoms with Gasteiger partial charge in [-0.2, -0.15) is 0 Å². The molecule has 0 fully saturated rings. The molecule has 102 valence electrons. The highest BCUT2D eigenvalue weighted by atomic mass is 35.5. The van der Waals surface area contributed by atoms with Crippen molar-refractivity contribution >= 4 is 29.7 Å². The van der Waals surface area contributed by atoms with Gasteiger partial charge in [0.1, 0.15) is 0 Å². The van der Waals surface area contributed by atoms with Crippen LogP contribution in [0.2, 0.25) is 0 Å². The van der Waals surface area contributed by atoms with Gasteiger partial charge in [-0.15, -0.1) is 23.7 Å². The summed E-state index contributed by atoms with van der Waals surface area (Å²) in [5.41, 5.74) is 2.21. The summed E-state index contributed by atoms with van der Waals surface area (Å²) in [6.07, 6.45) is 4.71. The summed E-state index contributed by atoms with van der Waals surface area (Å²) < 4.78 is 0. The average molecular weight is 289 g/mol. The largest absolute Gasteiger partial charge is 0.350 e. The number of hydrogen-bond acceptors (Lipinski definition) is 3. The third kappa shape index (κ3) is 3.46. The third-order valence-corrected chi connectivity index (χ3v) is 4.46. The van der Waals surface area contributed by atoms with Crippen molar-refractivity contribution in [2.45, 2.75) is 38.6 Å². The van der Waals surface area contributed by atoms with Crippen LogP contribution >= 0.6 is 23.7 Å². The van der Waals surface area contributed by atoms with Gasteiger partial charge >= 0.3 is 0 Å². The van der Waals surface area contributed by atoms with Gasteiger partial charge in [0.05, 0.1) is 5.56 Å². The van der Waals surface area contributed by atoms with Gasteiger partial charge in [-0.3, -0.25) is 4.79 Å². The van der Waals surface area contributed by atoms with Crippen molar-refractivity contribution < 1.29 is 4.79 Å². The van der Waals surface area contributed by atoms with E-state index in [1.807, 2.05) is 12.4 Å². The van der Waals surface area contributed by atoms with Crippen LogP contribution in [0.4, 0.5) is 0 Å². The van der Waals surface area contributed by atoms with Gasteiger partial charge in [-0.05, 0) is 45.2 Å². The van der Waals surface area contributed by atoms with Crippen molar-refractivity contribution in [3.8, 4) is 0 Å². The van der Waals surface area contributed by atoms with Crippen molar-refractivity contribution in [3.05, 3.63) is 21.4 Å². The van der Waals surface area contributed by atoms with E-state index < -0.39 is 0 Å². The molecular weight excluding hydrogens is 268 g/mol. The zero-order valence-corrected chi connectivity index (χ0v) is 12.5. The van der Waals surface area contributed by atoms with Crippen LogP contribution in [0, 0.1) is 0 Å². The molecule has 0 bridgehead atoms. The molecule has 18 heavy (non-hydrogen) atoms. The number of halogens is 1. The Labute approximate surface area is 119 Å². The second kappa shape index (κ2) is 7.12. The molecule has 1 amide bonds. The molecular formula is C13H21ClN2OS. The van der Waals surface area contributed by atoms with Gasteiger partial charge in [0, 0.05) is 22.8 Å². The highest BCUT2D eigenvalue weighted by molar-refractivity contribution is 7.10. The van der Waals surface area contributed by atoms with Crippen molar-refractivity contribution in [1.29, 1.82) is 0 Å². The molecule has 0 aliphatic heterocycles. The minimum absolute atomic E-state index is 0. The minimum Gasteiger partial charge on any atom is -0.350 e. The lowest BCUT2D eigenvalue weighted by molar-refractivity contribution is 0.0950. The van der Waals surface area contributed by atoms with Crippen LogP contribution in [-0.2, 0) is 12.8 Å². The molecule has 1 heterocycles. The van der Waals surface area contributed by atoms with E-state index >= 15 is 0 Å². The second-order valence-electron chi connectivity index (χ2n) is 4.66. The quantitative estimate of drug-likeness (QED) is 0.893. The van der Waals surface area contributed by atoms with Crippen molar-refractivity contribution in [2.24, 2.45) is 0 Å². The molecule has 2 N–H and O–H groups in total. The van der Waals surface area contributed by atoms with Crippen LogP contribution in [0.3, 0.4) is 0 Å². The van der Waals surface area contributed by atoms with E-state index in [4.69, 9.17) is 0 Å². The molecule has 0 aromatic carbocycles. The number of thiophene rings is 1. The number of carbonyl (C=O) groups excluding carboxylic acids is 1. The standard InChI is InChI=1S/C13H20N2OS.ClH/c1-9(14-2)7-15-13(16)11-8-17-12-6-4-3-5-10(11)12;/h8-9,14H,3-7H2,1-2H3,(H,15,16);1H. The van der Waals surface area contributed by atoms with Crippen LogP contribution in [0.1, 0.15) is 40.6 Å². The molecule has 0 radical (unpaired) electrons. The molecule has 3 nitrogen and oxygen atoms in total. The molecule has 0 saturated carbocycles. The highest BCUT2D eigenvalue weighted by Gasteiger charge is 2.19. The lowest BCUT2D eigenvalue weighted by atomic mass is 9.95. The molecule has 1 aliphatic rings. The number of hydrogen-bond donors (Lipinski definition) is 2. The Morgan fingerprint density at radius 1 is 1.44 bits per heavy atom. The number of amides is 1. The highest BCUT2D eigenvalue weighted by Crippen LogP contribution is 2.29. The Bertz CT molecular complexity index is 406. The van der Waals surface area contributed by atoms with Crippen LogP contribution in [0.25, 0.3) is 0 Å².